The first-order chi connectivity index (χ1) is 9.65. The average molecular weight is 268 g/mol. The second-order valence-electron chi connectivity index (χ2n) is 4.11. The number of terminal acetylenes is 1. The number of carbonyl (C=O) groups is 1. The number of aromatic nitrogens is 1. The van der Waals surface area contributed by atoms with E-state index in [-0.39, 0.29) is 11.5 Å². The molecule has 0 saturated heterocycles. The first-order valence-corrected chi connectivity index (χ1v) is 6.15. The zero-order valence-electron chi connectivity index (χ0n) is 11.0. The quantitative estimate of drug-likeness (QED) is 0.633. The molecule has 20 heavy (non-hydrogen) atoms. The fraction of sp³-hybridized carbons (Fsp3) is 0.125. The number of anilines is 1. The van der Waals surface area contributed by atoms with Gasteiger partial charge in [0.25, 0.3) is 5.91 Å². The fourth-order valence-electron chi connectivity index (χ4n) is 1.90. The molecule has 1 amide bonds. The van der Waals surface area contributed by atoms with Crippen LogP contribution in [0.25, 0.3) is 0 Å². The molecule has 0 radical (unpaired) electrons. The van der Waals surface area contributed by atoms with Gasteiger partial charge in [0.05, 0.1) is 0 Å². The van der Waals surface area contributed by atoms with E-state index in [0.717, 1.165) is 6.07 Å². The molecule has 0 spiro atoms. The van der Waals surface area contributed by atoms with Crippen LogP contribution in [0.1, 0.15) is 22.8 Å². The number of pyridine rings is 1. The van der Waals surface area contributed by atoms with Crippen molar-refractivity contribution in [3.8, 4) is 12.3 Å². The molecule has 0 aliphatic rings. The molecular formula is C16H13FN2O. The number of hydrogen-bond acceptors (Lipinski definition) is 2. The highest BCUT2D eigenvalue weighted by Gasteiger charge is 2.16. The van der Waals surface area contributed by atoms with E-state index in [2.05, 4.69) is 10.9 Å². The number of nitrogens with zero attached hydrogens (tertiary/aromatic N) is 2. The summed E-state index contributed by atoms with van der Waals surface area (Å²) >= 11 is 0. The normalized spacial score (nSPS) is 9.85. The van der Waals surface area contributed by atoms with Crippen molar-refractivity contribution in [3.05, 3.63) is 59.7 Å². The van der Waals surface area contributed by atoms with Crippen LogP contribution < -0.4 is 4.90 Å². The molecule has 0 unspecified atom stereocenters. The van der Waals surface area contributed by atoms with Gasteiger partial charge in [-0.1, -0.05) is 12.0 Å². The van der Waals surface area contributed by atoms with Gasteiger partial charge in [0.2, 0.25) is 5.95 Å². The summed E-state index contributed by atoms with van der Waals surface area (Å²) in [6.45, 7) is 2.30. The molecule has 100 valence electrons. The second-order valence-corrected chi connectivity index (χ2v) is 4.11. The van der Waals surface area contributed by atoms with Crippen LogP contribution in [-0.2, 0) is 0 Å². The predicted octanol–water partition coefficient (Wildman–Crippen LogP) is 2.87. The molecule has 0 bridgehead atoms. The van der Waals surface area contributed by atoms with Gasteiger partial charge in [0, 0.05) is 35.6 Å². The zero-order valence-corrected chi connectivity index (χ0v) is 11.0. The molecule has 0 N–H and O–H groups in total. The Morgan fingerprint density at radius 1 is 1.40 bits per heavy atom. The average Bonchev–Trinajstić information content (AvgIpc) is 2.48. The van der Waals surface area contributed by atoms with Gasteiger partial charge in [-0.05, 0) is 31.2 Å². The van der Waals surface area contributed by atoms with Gasteiger partial charge in [-0.25, -0.2) is 4.98 Å². The minimum atomic E-state index is -0.677. The van der Waals surface area contributed by atoms with E-state index in [0.29, 0.717) is 17.8 Å². The van der Waals surface area contributed by atoms with Crippen molar-refractivity contribution in [2.24, 2.45) is 0 Å². The van der Waals surface area contributed by atoms with Crippen LogP contribution in [0.2, 0.25) is 0 Å². The lowest BCUT2D eigenvalue weighted by Gasteiger charge is -2.21. The highest BCUT2D eigenvalue weighted by molar-refractivity contribution is 6.06. The van der Waals surface area contributed by atoms with E-state index in [1.165, 1.54) is 17.2 Å². The summed E-state index contributed by atoms with van der Waals surface area (Å²) < 4.78 is 13.1. The Morgan fingerprint density at radius 2 is 2.20 bits per heavy atom. The Bertz CT molecular complexity index is 676. The number of amides is 1. The number of rotatable bonds is 3. The highest BCUT2D eigenvalue weighted by atomic mass is 19.1. The van der Waals surface area contributed by atoms with Gasteiger partial charge >= 0.3 is 0 Å². The van der Waals surface area contributed by atoms with Crippen LogP contribution in [0.5, 0.6) is 0 Å². The summed E-state index contributed by atoms with van der Waals surface area (Å²) in [5.74, 6) is 1.56. The molecule has 0 fully saturated rings. The minimum Gasteiger partial charge on any atom is -0.309 e. The first-order valence-electron chi connectivity index (χ1n) is 6.15. The van der Waals surface area contributed by atoms with Crippen LogP contribution in [0.15, 0.2) is 42.6 Å². The van der Waals surface area contributed by atoms with E-state index in [1.54, 1.807) is 24.3 Å². The van der Waals surface area contributed by atoms with Crippen molar-refractivity contribution in [2.75, 3.05) is 11.4 Å². The van der Waals surface area contributed by atoms with Crippen LogP contribution in [-0.4, -0.2) is 17.4 Å². The Hall–Kier alpha value is -2.67. The molecule has 1 heterocycles. The second kappa shape index (κ2) is 5.98. The third kappa shape index (κ3) is 2.83. The first kappa shape index (κ1) is 13.8. The van der Waals surface area contributed by atoms with E-state index < -0.39 is 5.95 Å². The fourth-order valence-corrected chi connectivity index (χ4v) is 1.90. The molecule has 4 heteroatoms. The number of carbonyl (C=O) groups excluding carboxylic acids is 1. The van der Waals surface area contributed by atoms with E-state index in [1.807, 2.05) is 6.92 Å². The summed E-state index contributed by atoms with van der Waals surface area (Å²) in [5, 5.41) is 0. The van der Waals surface area contributed by atoms with Crippen molar-refractivity contribution in [3.63, 3.8) is 0 Å². The van der Waals surface area contributed by atoms with Gasteiger partial charge in [-0.3, -0.25) is 4.79 Å². The Labute approximate surface area is 117 Å². The van der Waals surface area contributed by atoms with Crippen molar-refractivity contribution in [2.45, 2.75) is 6.92 Å². The summed E-state index contributed by atoms with van der Waals surface area (Å²) in [7, 11) is 0. The predicted molar refractivity (Wildman–Crippen MR) is 75.9 cm³/mol. The molecule has 0 aliphatic carbocycles. The molecule has 0 aliphatic heterocycles. The molecule has 3 nitrogen and oxygen atoms in total. The monoisotopic (exact) mass is 268 g/mol. The lowest BCUT2D eigenvalue weighted by Crippen LogP contribution is -2.30. The third-order valence-electron chi connectivity index (χ3n) is 2.86. The van der Waals surface area contributed by atoms with Crippen molar-refractivity contribution < 1.29 is 9.18 Å². The summed E-state index contributed by atoms with van der Waals surface area (Å²) in [6.07, 6.45) is 6.63. The summed E-state index contributed by atoms with van der Waals surface area (Å²) in [5.41, 5.74) is 1.63. The standard InChI is InChI=1S/C16H13FN2O/c1-3-12-6-5-7-14(10-12)19(4-2)16(20)13-8-9-18-15(17)11-13/h1,5-11H,4H2,2H3. The summed E-state index contributed by atoms with van der Waals surface area (Å²) in [6, 6.07) is 9.72. The van der Waals surface area contributed by atoms with Gasteiger partial charge < -0.3 is 4.90 Å². The molecule has 0 atom stereocenters. The summed E-state index contributed by atoms with van der Waals surface area (Å²) in [4.78, 5) is 17.4. The minimum absolute atomic E-state index is 0.255. The topological polar surface area (TPSA) is 33.2 Å². The Morgan fingerprint density at radius 3 is 2.85 bits per heavy atom. The lowest BCUT2D eigenvalue weighted by molar-refractivity contribution is 0.0987. The van der Waals surface area contributed by atoms with Crippen molar-refractivity contribution >= 4 is 11.6 Å². The molecule has 2 rings (SSSR count). The van der Waals surface area contributed by atoms with Crippen LogP contribution in [0.3, 0.4) is 0 Å². The van der Waals surface area contributed by atoms with Gasteiger partial charge in [-0.15, -0.1) is 6.42 Å². The Balaban J connectivity index is 2.37. The largest absolute Gasteiger partial charge is 0.309 e. The zero-order chi connectivity index (χ0) is 14.5. The number of hydrogen-bond donors (Lipinski definition) is 0. The Kier molecular flexibility index (Phi) is 4.11. The maximum absolute atomic E-state index is 13.1. The lowest BCUT2D eigenvalue weighted by atomic mass is 10.1. The molecule has 2 aromatic rings. The molecule has 1 aromatic carbocycles. The van der Waals surface area contributed by atoms with Crippen LogP contribution in [0, 0.1) is 18.3 Å². The van der Waals surface area contributed by atoms with Crippen molar-refractivity contribution in [1.82, 2.24) is 4.98 Å². The molecular weight excluding hydrogens is 255 g/mol. The number of halogens is 1. The SMILES string of the molecule is C#Cc1cccc(N(CC)C(=O)c2ccnc(F)c2)c1. The molecule has 1 aromatic heterocycles. The third-order valence-corrected chi connectivity index (χ3v) is 2.86. The van der Waals surface area contributed by atoms with E-state index in [9.17, 15) is 9.18 Å². The molecule has 0 saturated carbocycles. The smallest absolute Gasteiger partial charge is 0.258 e. The van der Waals surface area contributed by atoms with Gasteiger partial charge in [0.1, 0.15) is 0 Å². The van der Waals surface area contributed by atoms with Gasteiger partial charge in [0.15, 0.2) is 0 Å². The van der Waals surface area contributed by atoms with Crippen molar-refractivity contribution in [1.29, 1.82) is 0 Å². The van der Waals surface area contributed by atoms with Crippen LogP contribution >= 0.6 is 0 Å². The van der Waals surface area contributed by atoms with Crippen LogP contribution in [0.4, 0.5) is 10.1 Å². The van der Waals surface area contributed by atoms with E-state index >= 15 is 0 Å². The van der Waals surface area contributed by atoms with Gasteiger partial charge in [-0.2, -0.15) is 4.39 Å². The maximum atomic E-state index is 13.1. The highest BCUT2D eigenvalue weighted by Crippen LogP contribution is 2.18. The maximum Gasteiger partial charge on any atom is 0.258 e. The number of benzene rings is 1. The van der Waals surface area contributed by atoms with E-state index in [4.69, 9.17) is 6.42 Å².